The summed E-state index contributed by atoms with van der Waals surface area (Å²) in [6.45, 7) is 4.32. The van der Waals surface area contributed by atoms with Gasteiger partial charge in [-0.1, -0.05) is 11.8 Å². The Kier molecular flexibility index (Phi) is 6.39. The van der Waals surface area contributed by atoms with Crippen LogP contribution in [-0.2, 0) is 15.7 Å². The summed E-state index contributed by atoms with van der Waals surface area (Å²) in [5.74, 6) is -0.550. The molecule has 0 spiro atoms. The monoisotopic (exact) mass is 372 g/mol. The Bertz CT molecular complexity index is 662. The molecular weight excluding hydrogens is 354 g/mol. The molecule has 1 unspecified atom stereocenters. The number of nitrogens with zero attached hydrogens (tertiary/aromatic N) is 1. The maximum Gasteiger partial charge on any atom is 0.324 e. The molecule has 0 saturated carbocycles. The number of thiazole rings is 1. The van der Waals surface area contributed by atoms with Crippen molar-refractivity contribution in [3.8, 4) is 0 Å². The quantitative estimate of drug-likeness (QED) is 0.585. The Morgan fingerprint density at radius 2 is 2.13 bits per heavy atom. The predicted molar refractivity (Wildman–Crippen MR) is 96.4 cm³/mol. The van der Waals surface area contributed by atoms with Gasteiger partial charge in [0.2, 0.25) is 0 Å². The maximum atomic E-state index is 12.8. The molecule has 1 atom stereocenters. The van der Waals surface area contributed by atoms with E-state index in [2.05, 4.69) is 10.3 Å². The molecule has 1 heterocycles. The highest BCUT2D eigenvalue weighted by atomic mass is 32.2. The molecule has 0 amide bonds. The molecule has 8 heteroatoms. The number of halogens is 1. The topological polar surface area (TPSA) is 51.2 Å². The number of anilines is 1. The zero-order valence-electron chi connectivity index (χ0n) is 12.8. The van der Waals surface area contributed by atoms with Gasteiger partial charge in [0.1, 0.15) is 10.6 Å². The number of nitrogens with one attached hydrogen (secondary N) is 1. The molecule has 2 aromatic rings. The van der Waals surface area contributed by atoms with E-state index in [4.69, 9.17) is 4.52 Å². The summed E-state index contributed by atoms with van der Waals surface area (Å²) in [7, 11) is 1.98. The van der Waals surface area contributed by atoms with Crippen LogP contribution in [0.25, 0.3) is 0 Å². The molecule has 124 valence electrons. The minimum absolute atomic E-state index is 0.247. The Hall–Kier alpha value is -1.17. The van der Waals surface area contributed by atoms with Crippen LogP contribution in [-0.4, -0.2) is 22.2 Å². The van der Waals surface area contributed by atoms with Crippen molar-refractivity contribution in [3.05, 3.63) is 41.2 Å². The molecule has 1 N–H and O–H groups in total. The largest absolute Gasteiger partial charge is 0.450 e. The average molecular weight is 372 g/mol. The summed E-state index contributed by atoms with van der Waals surface area (Å²) in [6, 6.07) is 6.25. The predicted octanol–water partition coefficient (Wildman–Crippen LogP) is 4.14. The number of carbonyl (C=O) groups is 1. The first-order valence-electron chi connectivity index (χ1n) is 6.95. The average Bonchev–Trinajstić information content (AvgIpc) is 2.95. The van der Waals surface area contributed by atoms with Crippen LogP contribution < -0.4 is 5.32 Å². The van der Waals surface area contributed by atoms with E-state index in [1.807, 2.05) is 14.8 Å². The molecule has 2 rings (SSSR count). The number of carbonyl (C=O) groups excluding carboxylic acids is 1. The summed E-state index contributed by atoms with van der Waals surface area (Å²) in [4.78, 5) is 16.2. The third kappa shape index (κ3) is 5.44. The lowest BCUT2D eigenvalue weighted by molar-refractivity contribution is -0.135. The van der Waals surface area contributed by atoms with Gasteiger partial charge in [0, 0.05) is 24.0 Å². The van der Waals surface area contributed by atoms with Gasteiger partial charge < -0.3 is 9.84 Å². The molecule has 0 aliphatic rings. The lowest BCUT2D eigenvalue weighted by Crippen LogP contribution is -2.27. The second-order valence-corrected chi connectivity index (χ2v) is 8.27. The van der Waals surface area contributed by atoms with Crippen molar-refractivity contribution in [2.75, 3.05) is 11.9 Å². The van der Waals surface area contributed by atoms with E-state index in [0.29, 0.717) is 6.54 Å². The summed E-state index contributed by atoms with van der Waals surface area (Å²) in [5, 5.41) is 5.20. The molecule has 1 aromatic heterocycles. The summed E-state index contributed by atoms with van der Waals surface area (Å²) < 4.78 is 17.7. The van der Waals surface area contributed by atoms with E-state index < -0.39 is 4.75 Å². The molecule has 1 aromatic carbocycles. The number of aromatic nitrogens is 1. The van der Waals surface area contributed by atoms with Crippen LogP contribution in [0.5, 0.6) is 0 Å². The van der Waals surface area contributed by atoms with Crippen LogP contribution in [0.3, 0.4) is 0 Å². The summed E-state index contributed by atoms with van der Waals surface area (Å²) >= 11 is 2.90. The van der Waals surface area contributed by atoms with E-state index in [0.717, 1.165) is 22.1 Å². The van der Waals surface area contributed by atoms with Crippen LogP contribution in [0.2, 0.25) is 0 Å². The van der Waals surface area contributed by atoms with Crippen LogP contribution >= 0.6 is 32.6 Å². The first-order valence-corrected chi connectivity index (χ1v) is 9.11. The van der Waals surface area contributed by atoms with Gasteiger partial charge in [-0.15, -0.1) is 11.3 Å². The number of hydrogen-bond acceptors (Lipinski definition) is 6. The minimum atomic E-state index is -0.677. The van der Waals surface area contributed by atoms with Crippen molar-refractivity contribution in [2.24, 2.45) is 0 Å². The first-order chi connectivity index (χ1) is 10.9. The summed E-state index contributed by atoms with van der Waals surface area (Å²) in [5.41, 5.74) is 1.84. The van der Waals surface area contributed by atoms with Gasteiger partial charge in [-0.3, -0.25) is 4.79 Å². The van der Waals surface area contributed by atoms with Gasteiger partial charge in [-0.05, 0) is 38.1 Å². The Morgan fingerprint density at radius 3 is 2.78 bits per heavy atom. The van der Waals surface area contributed by atoms with Crippen molar-refractivity contribution in [1.82, 2.24) is 4.98 Å². The second-order valence-electron chi connectivity index (χ2n) is 5.31. The minimum Gasteiger partial charge on any atom is -0.450 e. The highest BCUT2D eigenvalue weighted by molar-refractivity contribution is 8.03. The molecular formula is C15H18FN2O2PS2. The molecule has 23 heavy (non-hydrogen) atoms. The van der Waals surface area contributed by atoms with E-state index in [-0.39, 0.29) is 11.8 Å². The standard InChI is InChI=1S/C15H18FN2O2PS2/c1-15(2,13(19)20-21)23-14-18-12(9-22-14)7-8-17-11-5-3-10(16)4-6-11/h3-6,9,17H,7-8,21H2,1-2H3. The highest BCUT2D eigenvalue weighted by Crippen LogP contribution is 2.35. The third-order valence-electron chi connectivity index (χ3n) is 3.03. The highest BCUT2D eigenvalue weighted by Gasteiger charge is 2.31. The van der Waals surface area contributed by atoms with Crippen molar-refractivity contribution in [2.45, 2.75) is 29.4 Å². The Labute approximate surface area is 145 Å². The van der Waals surface area contributed by atoms with Crippen molar-refractivity contribution in [1.29, 1.82) is 0 Å². The first kappa shape index (κ1) is 18.2. The van der Waals surface area contributed by atoms with Gasteiger partial charge in [0.25, 0.3) is 0 Å². The smallest absolute Gasteiger partial charge is 0.324 e. The van der Waals surface area contributed by atoms with Crippen LogP contribution in [0.1, 0.15) is 19.5 Å². The van der Waals surface area contributed by atoms with Gasteiger partial charge in [0.15, 0.2) is 4.34 Å². The van der Waals surface area contributed by atoms with E-state index in [9.17, 15) is 9.18 Å². The van der Waals surface area contributed by atoms with Crippen LogP contribution in [0, 0.1) is 5.82 Å². The SMILES string of the molecule is CC(C)(Sc1nc(CCNc2ccc(F)cc2)cs1)C(=O)OP. The van der Waals surface area contributed by atoms with Crippen LogP contribution in [0.15, 0.2) is 34.0 Å². The van der Waals surface area contributed by atoms with E-state index in [1.165, 1.54) is 35.2 Å². The lowest BCUT2D eigenvalue weighted by Gasteiger charge is -2.18. The Balaban J connectivity index is 1.85. The van der Waals surface area contributed by atoms with Crippen molar-refractivity contribution >= 4 is 44.2 Å². The van der Waals surface area contributed by atoms with Gasteiger partial charge >= 0.3 is 5.97 Å². The van der Waals surface area contributed by atoms with E-state index >= 15 is 0 Å². The number of benzene rings is 1. The zero-order valence-corrected chi connectivity index (χ0v) is 15.6. The molecule has 0 bridgehead atoms. The molecule has 4 nitrogen and oxygen atoms in total. The van der Waals surface area contributed by atoms with E-state index in [1.54, 1.807) is 26.0 Å². The molecule has 0 saturated heterocycles. The van der Waals surface area contributed by atoms with Gasteiger partial charge in [0.05, 0.1) is 15.2 Å². The Morgan fingerprint density at radius 1 is 1.43 bits per heavy atom. The molecule has 0 aliphatic heterocycles. The fourth-order valence-corrected chi connectivity index (χ4v) is 4.40. The number of rotatable bonds is 7. The number of thioether (sulfide) groups is 1. The fraction of sp³-hybridized carbons (Fsp3) is 0.333. The van der Waals surface area contributed by atoms with Crippen molar-refractivity contribution < 1.29 is 13.7 Å². The molecule has 0 aliphatic carbocycles. The van der Waals surface area contributed by atoms with Gasteiger partial charge in [-0.2, -0.15) is 0 Å². The maximum absolute atomic E-state index is 12.8. The van der Waals surface area contributed by atoms with Gasteiger partial charge in [-0.25, -0.2) is 9.37 Å². The molecule has 0 fully saturated rings. The number of hydrogen-bond donors (Lipinski definition) is 1. The normalized spacial score (nSPS) is 11.3. The zero-order chi connectivity index (χ0) is 16.9. The third-order valence-corrected chi connectivity index (χ3v) is 5.40. The summed E-state index contributed by atoms with van der Waals surface area (Å²) in [6.07, 6.45) is 0.753. The fourth-order valence-electron chi connectivity index (χ4n) is 1.75. The lowest BCUT2D eigenvalue weighted by atomic mass is 10.2. The second kappa shape index (κ2) is 8.08. The molecule has 0 radical (unpaired) electrons. The van der Waals surface area contributed by atoms with Crippen LogP contribution in [0.4, 0.5) is 10.1 Å². The van der Waals surface area contributed by atoms with Crippen molar-refractivity contribution in [3.63, 3.8) is 0 Å².